The van der Waals surface area contributed by atoms with Gasteiger partial charge in [-0.3, -0.25) is 0 Å². The van der Waals surface area contributed by atoms with E-state index in [0.29, 0.717) is 0 Å². The van der Waals surface area contributed by atoms with Crippen LogP contribution in [-0.2, 0) is 18.9 Å². The molecular formula is C11H20O7. The van der Waals surface area contributed by atoms with E-state index in [9.17, 15) is 10.2 Å². The molecule has 6 atom stereocenters. The van der Waals surface area contributed by atoms with Crippen molar-refractivity contribution >= 4 is 0 Å². The van der Waals surface area contributed by atoms with Crippen molar-refractivity contribution in [3.63, 3.8) is 0 Å². The predicted molar refractivity (Wildman–Crippen MR) is 58.6 cm³/mol. The molecule has 2 saturated heterocycles. The van der Waals surface area contributed by atoms with Gasteiger partial charge >= 0.3 is 0 Å². The van der Waals surface area contributed by atoms with E-state index in [0.717, 1.165) is 0 Å². The first-order chi connectivity index (χ1) is 8.39. The minimum absolute atomic E-state index is 0.462. The number of fused-ring (bicyclic) bond motifs is 1. The molecule has 0 aromatic carbocycles. The third kappa shape index (κ3) is 2.39. The van der Waals surface area contributed by atoms with Crippen LogP contribution >= 0.6 is 0 Å². The lowest BCUT2D eigenvalue weighted by Crippen LogP contribution is -2.46. The number of aliphatic hydroxyl groups excluding tert-OH is 3. The van der Waals surface area contributed by atoms with Crippen LogP contribution in [0, 0.1) is 0 Å². The Balaban J connectivity index is 2.13. The molecule has 7 nitrogen and oxygen atoms in total. The quantitative estimate of drug-likeness (QED) is 0.574. The Morgan fingerprint density at radius 2 is 1.83 bits per heavy atom. The smallest absolute Gasteiger partial charge is 0.186 e. The van der Waals surface area contributed by atoms with Crippen molar-refractivity contribution < 1.29 is 34.3 Å². The summed E-state index contributed by atoms with van der Waals surface area (Å²) in [6.07, 6.45) is -5.03. The van der Waals surface area contributed by atoms with Crippen LogP contribution in [0.5, 0.6) is 0 Å². The molecule has 0 aliphatic carbocycles. The first kappa shape index (κ1) is 14.1. The molecule has 0 unspecified atom stereocenters. The van der Waals surface area contributed by atoms with Gasteiger partial charge in [-0.2, -0.15) is 0 Å². The molecule has 106 valence electrons. The molecule has 0 radical (unpaired) electrons. The summed E-state index contributed by atoms with van der Waals surface area (Å²) >= 11 is 0. The number of rotatable bonds is 4. The van der Waals surface area contributed by atoms with Crippen LogP contribution in [0.4, 0.5) is 0 Å². The molecule has 18 heavy (non-hydrogen) atoms. The van der Waals surface area contributed by atoms with Crippen molar-refractivity contribution in [3.05, 3.63) is 0 Å². The van der Waals surface area contributed by atoms with E-state index < -0.39 is 49.2 Å². The third-order valence-corrected chi connectivity index (χ3v) is 3.20. The van der Waals surface area contributed by atoms with Crippen LogP contribution in [0.3, 0.4) is 0 Å². The van der Waals surface area contributed by atoms with E-state index in [-0.39, 0.29) is 0 Å². The highest BCUT2D eigenvalue weighted by molar-refractivity contribution is 4.99. The average Bonchev–Trinajstić information content (AvgIpc) is 2.80. The minimum atomic E-state index is -1.29. The monoisotopic (exact) mass is 264 g/mol. The van der Waals surface area contributed by atoms with Gasteiger partial charge in [0.15, 0.2) is 12.1 Å². The highest BCUT2D eigenvalue weighted by Crippen LogP contribution is 2.40. The van der Waals surface area contributed by atoms with Crippen molar-refractivity contribution in [1.29, 1.82) is 0 Å². The second-order valence-corrected chi connectivity index (χ2v) is 5.01. The number of hydrogen-bond donors (Lipinski definition) is 3. The molecule has 2 aliphatic rings. The third-order valence-electron chi connectivity index (χ3n) is 3.20. The largest absolute Gasteiger partial charge is 0.394 e. The summed E-state index contributed by atoms with van der Waals surface area (Å²) < 4.78 is 21.9. The van der Waals surface area contributed by atoms with Crippen LogP contribution in [0.15, 0.2) is 0 Å². The first-order valence-corrected chi connectivity index (χ1v) is 5.90. The van der Waals surface area contributed by atoms with Gasteiger partial charge in [0.25, 0.3) is 0 Å². The van der Waals surface area contributed by atoms with Crippen molar-refractivity contribution in [1.82, 2.24) is 0 Å². The Labute approximate surface area is 105 Å². The van der Waals surface area contributed by atoms with Crippen molar-refractivity contribution in [3.8, 4) is 0 Å². The predicted octanol–water partition coefficient (Wildman–Crippen LogP) is -1.41. The first-order valence-electron chi connectivity index (χ1n) is 5.90. The Bertz CT molecular complexity index is 295. The lowest BCUT2D eigenvalue weighted by Gasteiger charge is -2.27. The Hall–Kier alpha value is -0.280. The molecule has 0 aromatic heterocycles. The lowest BCUT2D eigenvalue weighted by molar-refractivity contribution is -0.242. The normalized spacial score (nSPS) is 41.7. The summed E-state index contributed by atoms with van der Waals surface area (Å²) in [5.74, 6) is -0.794. The van der Waals surface area contributed by atoms with Crippen LogP contribution < -0.4 is 0 Å². The molecule has 2 aliphatic heterocycles. The van der Waals surface area contributed by atoms with Crippen LogP contribution in [0.25, 0.3) is 0 Å². The zero-order chi connectivity index (χ0) is 13.5. The summed E-state index contributed by atoms with van der Waals surface area (Å²) in [6, 6.07) is 0. The summed E-state index contributed by atoms with van der Waals surface area (Å²) in [4.78, 5) is 0. The average molecular weight is 264 g/mol. The zero-order valence-electron chi connectivity index (χ0n) is 10.6. The topological polar surface area (TPSA) is 97.6 Å². The molecule has 0 amide bonds. The standard InChI is InChI=1S/C11H20O7/c1-11(2)17-8-7(6(14)5(13)4-12)16-10(15-3)9(8)18-11/h5-10,12-14H,4H2,1-3H3/t5-,6-,7+,8-,9-,10-/m0/s1. The highest BCUT2D eigenvalue weighted by atomic mass is 16.8. The second kappa shape index (κ2) is 5.01. The van der Waals surface area contributed by atoms with Crippen LogP contribution in [0.2, 0.25) is 0 Å². The van der Waals surface area contributed by atoms with Crippen LogP contribution in [0.1, 0.15) is 13.8 Å². The van der Waals surface area contributed by atoms with Crippen molar-refractivity contribution in [2.45, 2.75) is 56.4 Å². The maximum Gasteiger partial charge on any atom is 0.186 e. The lowest BCUT2D eigenvalue weighted by atomic mass is 10.0. The molecular weight excluding hydrogens is 244 g/mol. The molecule has 7 heteroatoms. The fourth-order valence-corrected chi connectivity index (χ4v) is 2.38. The van der Waals surface area contributed by atoms with Gasteiger partial charge in [0, 0.05) is 7.11 Å². The van der Waals surface area contributed by atoms with Crippen molar-refractivity contribution in [2.75, 3.05) is 13.7 Å². The fraction of sp³-hybridized carbons (Fsp3) is 1.00. The van der Waals surface area contributed by atoms with Gasteiger partial charge in [0.2, 0.25) is 0 Å². The summed E-state index contributed by atoms with van der Waals surface area (Å²) in [6.45, 7) is 2.95. The molecule has 0 bridgehead atoms. The molecule has 3 N–H and O–H groups in total. The summed E-state index contributed by atoms with van der Waals surface area (Å²) in [5.41, 5.74) is 0. The highest BCUT2D eigenvalue weighted by Gasteiger charge is 2.58. The molecule has 0 spiro atoms. The SMILES string of the molecule is CO[C@H]1O[C@H]([C@@H](O)[C@@H](O)CO)[C@@H]2OC(C)(C)O[C@H]12. The zero-order valence-corrected chi connectivity index (χ0v) is 10.6. The summed E-state index contributed by atoms with van der Waals surface area (Å²) in [7, 11) is 1.47. The van der Waals surface area contributed by atoms with Gasteiger partial charge in [-0.15, -0.1) is 0 Å². The van der Waals surface area contributed by atoms with E-state index in [2.05, 4.69) is 0 Å². The minimum Gasteiger partial charge on any atom is -0.394 e. The maximum absolute atomic E-state index is 9.92. The maximum atomic E-state index is 9.92. The number of ether oxygens (including phenoxy) is 4. The van der Waals surface area contributed by atoms with Crippen molar-refractivity contribution in [2.24, 2.45) is 0 Å². The van der Waals surface area contributed by atoms with Gasteiger partial charge in [-0.1, -0.05) is 0 Å². The van der Waals surface area contributed by atoms with Gasteiger partial charge in [0.05, 0.1) is 6.61 Å². The molecule has 0 saturated carbocycles. The number of methoxy groups -OCH3 is 1. The van der Waals surface area contributed by atoms with Gasteiger partial charge in [0.1, 0.15) is 30.5 Å². The molecule has 2 fully saturated rings. The Morgan fingerprint density at radius 3 is 2.39 bits per heavy atom. The Morgan fingerprint density at radius 1 is 1.22 bits per heavy atom. The molecule has 0 aromatic rings. The second-order valence-electron chi connectivity index (χ2n) is 5.01. The number of hydrogen-bond acceptors (Lipinski definition) is 7. The van der Waals surface area contributed by atoms with E-state index in [4.69, 9.17) is 24.1 Å². The fourth-order valence-electron chi connectivity index (χ4n) is 2.38. The van der Waals surface area contributed by atoms with Gasteiger partial charge in [-0.05, 0) is 13.8 Å². The van der Waals surface area contributed by atoms with E-state index in [1.54, 1.807) is 13.8 Å². The van der Waals surface area contributed by atoms with E-state index in [1.807, 2.05) is 0 Å². The molecule has 2 heterocycles. The van der Waals surface area contributed by atoms with E-state index in [1.165, 1.54) is 7.11 Å². The Kier molecular flexibility index (Phi) is 3.93. The van der Waals surface area contributed by atoms with E-state index >= 15 is 0 Å². The summed E-state index contributed by atoms with van der Waals surface area (Å²) in [5, 5.41) is 28.3. The van der Waals surface area contributed by atoms with Gasteiger partial charge in [-0.25, -0.2) is 0 Å². The number of aliphatic hydroxyl groups is 3. The molecule has 2 rings (SSSR count). The van der Waals surface area contributed by atoms with Crippen LogP contribution in [-0.4, -0.2) is 71.6 Å². The van der Waals surface area contributed by atoms with Gasteiger partial charge < -0.3 is 34.3 Å².